The van der Waals surface area contributed by atoms with E-state index in [-0.39, 0.29) is 24.4 Å². The number of halogens is 1. The Kier molecular flexibility index (Phi) is 8.65. The fraction of sp³-hybridized carbons (Fsp3) is 0.917. The summed E-state index contributed by atoms with van der Waals surface area (Å²) in [5.74, 6) is -0.00782. The number of sulfonamides is 1. The quantitative estimate of drug-likeness (QED) is 0.741. The molecule has 0 radical (unpaired) electrons. The van der Waals surface area contributed by atoms with Crippen molar-refractivity contribution in [1.82, 2.24) is 9.62 Å². The van der Waals surface area contributed by atoms with Gasteiger partial charge >= 0.3 is 0 Å². The average molecular weight is 328 g/mol. The second-order valence-electron chi connectivity index (χ2n) is 5.15. The molecule has 0 aromatic heterocycles. The number of amides is 1. The second kappa shape index (κ2) is 8.81. The van der Waals surface area contributed by atoms with E-state index in [0.29, 0.717) is 19.4 Å². The zero-order chi connectivity index (χ0) is 14.5. The summed E-state index contributed by atoms with van der Waals surface area (Å²) in [7, 11) is -3.16. The van der Waals surface area contributed by atoms with E-state index in [2.05, 4.69) is 4.72 Å². The first kappa shape index (κ1) is 19.6. The van der Waals surface area contributed by atoms with Gasteiger partial charge in [-0.2, -0.15) is 0 Å². The molecule has 1 aliphatic heterocycles. The Hall–Kier alpha value is -0.370. The minimum Gasteiger partial charge on any atom is -0.338 e. The van der Waals surface area contributed by atoms with Gasteiger partial charge in [0.15, 0.2) is 0 Å². The van der Waals surface area contributed by atoms with Gasteiger partial charge in [0.1, 0.15) is 0 Å². The molecule has 8 heteroatoms. The lowest BCUT2D eigenvalue weighted by Crippen LogP contribution is -2.51. The first-order valence-corrected chi connectivity index (χ1v) is 8.75. The van der Waals surface area contributed by atoms with E-state index in [1.54, 1.807) is 0 Å². The molecule has 0 aliphatic carbocycles. The van der Waals surface area contributed by atoms with Crippen molar-refractivity contribution in [1.29, 1.82) is 0 Å². The number of piperidine rings is 1. The maximum Gasteiger partial charge on any atom is 0.239 e. The van der Waals surface area contributed by atoms with Crippen LogP contribution in [0.2, 0.25) is 0 Å². The number of nitrogens with zero attached hydrogens (tertiary/aromatic N) is 1. The lowest BCUT2D eigenvalue weighted by Gasteiger charge is -2.37. The van der Waals surface area contributed by atoms with Crippen LogP contribution in [0.3, 0.4) is 0 Å². The van der Waals surface area contributed by atoms with E-state index < -0.39 is 16.1 Å². The number of nitrogens with one attached hydrogen (secondary N) is 1. The monoisotopic (exact) mass is 327 g/mol. The van der Waals surface area contributed by atoms with E-state index in [9.17, 15) is 13.2 Å². The minimum atomic E-state index is -3.16. The molecule has 0 aromatic rings. The third-order valence-corrected chi connectivity index (χ3v) is 4.24. The maximum atomic E-state index is 12.2. The lowest BCUT2D eigenvalue weighted by atomic mass is 9.98. The van der Waals surface area contributed by atoms with Crippen LogP contribution in [0.4, 0.5) is 0 Å². The van der Waals surface area contributed by atoms with Crippen LogP contribution in [0.25, 0.3) is 0 Å². The Balaban J connectivity index is 0.00000361. The van der Waals surface area contributed by atoms with E-state index >= 15 is 0 Å². The smallest absolute Gasteiger partial charge is 0.239 e. The van der Waals surface area contributed by atoms with Crippen molar-refractivity contribution in [3.8, 4) is 0 Å². The summed E-state index contributed by atoms with van der Waals surface area (Å²) in [5.41, 5.74) is 5.80. The highest BCUT2D eigenvalue weighted by atomic mass is 35.5. The Morgan fingerprint density at radius 3 is 2.65 bits per heavy atom. The van der Waals surface area contributed by atoms with Crippen LogP contribution in [0.1, 0.15) is 39.0 Å². The zero-order valence-corrected chi connectivity index (χ0v) is 13.8. The fourth-order valence-electron chi connectivity index (χ4n) is 2.39. The van der Waals surface area contributed by atoms with Gasteiger partial charge in [-0.25, -0.2) is 13.1 Å². The van der Waals surface area contributed by atoms with Gasteiger partial charge in [-0.3, -0.25) is 4.79 Å². The highest BCUT2D eigenvalue weighted by Crippen LogP contribution is 2.20. The number of nitrogens with two attached hydrogens (primary N) is 1. The van der Waals surface area contributed by atoms with E-state index in [0.717, 1.165) is 32.1 Å². The van der Waals surface area contributed by atoms with Crippen LogP contribution in [-0.2, 0) is 14.8 Å². The van der Waals surface area contributed by atoms with Gasteiger partial charge in [0.05, 0.1) is 12.3 Å². The summed E-state index contributed by atoms with van der Waals surface area (Å²) in [6, 6.07) is -0.337. The van der Waals surface area contributed by atoms with E-state index in [4.69, 9.17) is 5.73 Å². The first-order valence-electron chi connectivity index (χ1n) is 6.86. The van der Waals surface area contributed by atoms with Crippen LogP contribution in [0, 0.1) is 0 Å². The molecule has 1 saturated heterocycles. The average Bonchev–Trinajstić information content (AvgIpc) is 2.36. The summed E-state index contributed by atoms with van der Waals surface area (Å²) in [4.78, 5) is 14.0. The van der Waals surface area contributed by atoms with Crippen molar-refractivity contribution in [3.05, 3.63) is 0 Å². The number of carbonyl (C=O) groups is 1. The highest BCUT2D eigenvalue weighted by Gasteiger charge is 2.28. The number of hydrogen-bond acceptors (Lipinski definition) is 4. The standard InChI is InChI=1S/C12H25N3O3S.ClH/c1-3-11(13)12(16)15-9-5-4-6-10(15)7-8-14-19(2,17)18;/h10-11,14H,3-9,13H2,1-2H3;1H/t10?,11-;/m0./s1. The van der Waals surface area contributed by atoms with Gasteiger partial charge in [0.25, 0.3) is 0 Å². The molecular weight excluding hydrogens is 302 g/mol. The molecule has 20 heavy (non-hydrogen) atoms. The van der Waals surface area contributed by atoms with E-state index in [1.165, 1.54) is 0 Å². The van der Waals surface area contributed by atoms with Crippen molar-refractivity contribution in [2.24, 2.45) is 5.73 Å². The van der Waals surface area contributed by atoms with Crippen molar-refractivity contribution >= 4 is 28.3 Å². The van der Waals surface area contributed by atoms with Crippen LogP contribution < -0.4 is 10.5 Å². The van der Waals surface area contributed by atoms with Crippen LogP contribution in [-0.4, -0.2) is 50.7 Å². The molecule has 0 aromatic carbocycles. The molecule has 1 unspecified atom stereocenters. The molecule has 0 bridgehead atoms. The Labute approximate surface area is 127 Å². The van der Waals surface area contributed by atoms with Crippen molar-refractivity contribution in [2.75, 3.05) is 19.3 Å². The SMILES string of the molecule is CC[C@H](N)C(=O)N1CCCCC1CCNS(C)(=O)=O.Cl. The molecule has 6 nitrogen and oxygen atoms in total. The van der Waals surface area contributed by atoms with Gasteiger partial charge in [0.2, 0.25) is 15.9 Å². The molecule has 1 aliphatic rings. The van der Waals surface area contributed by atoms with Gasteiger partial charge in [-0.05, 0) is 32.1 Å². The number of carbonyl (C=O) groups excluding carboxylic acids is 1. The summed E-state index contributed by atoms with van der Waals surface area (Å²) >= 11 is 0. The third-order valence-electron chi connectivity index (χ3n) is 3.51. The summed E-state index contributed by atoms with van der Waals surface area (Å²) in [6.07, 6.45) is 5.42. The maximum absolute atomic E-state index is 12.2. The molecule has 0 saturated carbocycles. The normalized spacial score (nSPS) is 21.1. The Bertz CT molecular complexity index is 403. The predicted octanol–water partition coefficient (Wildman–Crippen LogP) is 0.466. The van der Waals surface area contributed by atoms with Crippen LogP contribution in [0.5, 0.6) is 0 Å². The molecular formula is C12H26ClN3O3S. The van der Waals surface area contributed by atoms with Gasteiger partial charge in [0, 0.05) is 19.1 Å². The summed E-state index contributed by atoms with van der Waals surface area (Å²) in [5, 5.41) is 0. The molecule has 1 amide bonds. The molecule has 1 heterocycles. The lowest BCUT2D eigenvalue weighted by molar-refractivity contribution is -0.136. The Morgan fingerprint density at radius 1 is 1.45 bits per heavy atom. The predicted molar refractivity (Wildman–Crippen MR) is 82.3 cm³/mol. The molecule has 120 valence electrons. The molecule has 1 fully saturated rings. The fourth-order valence-corrected chi connectivity index (χ4v) is 2.88. The molecule has 1 rings (SSSR count). The highest BCUT2D eigenvalue weighted by molar-refractivity contribution is 7.88. The van der Waals surface area contributed by atoms with Crippen molar-refractivity contribution < 1.29 is 13.2 Å². The summed E-state index contributed by atoms with van der Waals surface area (Å²) in [6.45, 7) is 3.00. The zero-order valence-electron chi connectivity index (χ0n) is 12.2. The van der Waals surface area contributed by atoms with Crippen molar-refractivity contribution in [2.45, 2.75) is 51.1 Å². The van der Waals surface area contributed by atoms with Crippen LogP contribution in [0.15, 0.2) is 0 Å². The van der Waals surface area contributed by atoms with Crippen LogP contribution >= 0.6 is 12.4 Å². The first-order chi connectivity index (χ1) is 8.85. The number of likely N-dealkylation sites (tertiary alicyclic amines) is 1. The summed E-state index contributed by atoms with van der Waals surface area (Å²) < 4.78 is 24.5. The minimum absolute atomic E-state index is 0. The second-order valence-corrected chi connectivity index (χ2v) is 6.98. The molecule has 3 N–H and O–H groups in total. The topological polar surface area (TPSA) is 92.5 Å². The third kappa shape index (κ3) is 6.39. The van der Waals surface area contributed by atoms with Gasteiger partial charge in [-0.15, -0.1) is 12.4 Å². The Morgan fingerprint density at radius 2 is 2.10 bits per heavy atom. The largest absolute Gasteiger partial charge is 0.338 e. The molecule has 0 spiro atoms. The van der Waals surface area contributed by atoms with Gasteiger partial charge < -0.3 is 10.6 Å². The van der Waals surface area contributed by atoms with Crippen molar-refractivity contribution in [3.63, 3.8) is 0 Å². The number of rotatable bonds is 6. The number of hydrogen-bond donors (Lipinski definition) is 2. The molecule has 2 atom stereocenters. The van der Waals surface area contributed by atoms with Gasteiger partial charge in [-0.1, -0.05) is 6.92 Å². The van der Waals surface area contributed by atoms with E-state index in [1.807, 2.05) is 11.8 Å².